The number of aromatic nitrogens is 2. The number of ether oxygens (including phenoxy) is 1. The zero-order valence-corrected chi connectivity index (χ0v) is 17.6. The molecule has 2 aromatic carbocycles. The predicted octanol–water partition coefficient (Wildman–Crippen LogP) is 4.18. The number of benzene rings is 2. The van der Waals surface area contributed by atoms with E-state index < -0.39 is 0 Å². The van der Waals surface area contributed by atoms with Gasteiger partial charge in [0.1, 0.15) is 12.4 Å². The van der Waals surface area contributed by atoms with Gasteiger partial charge in [-0.3, -0.25) is 9.80 Å². The SMILES string of the molecule is S=c1oc(-c2ccccc2)nn1CN1CCN(CCOc2ccc(Cl)cc2)CC1. The molecule has 152 valence electrons. The van der Waals surface area contributed by atoms with E-state index in [0.29, 0.717) is 24.0 Å². The molecule has 2 heterocycles. The Morgan fingerprint density at radius 3 is 2.38 bits per heavy atom. The molecule has 0 aliphatic carbocycles. The second kappa shape index (κ2) is 9.54. The predicted molar refractivity (Wildman–Crippen MR) is 116 cm³/mol. The fraction of sp³-hybridized carbons (Fsp3) is 0.333. The highest BCUT2D eigenvalue weighted by Crippen LogP contribution is 2.18. The van der Waals surface area contributed by atoms with Crippen molar-refractivity contribution in [3.8, 4) is 17.2 Å². The first-order valence-electron chi connectivity index (χ1n) is 9.64. The Morgan fingerprint density at radius 2 is 1.66 bits per heavy atom. The van der Waals surface area contributed by atoms with E-state index in [1.807, 2.05) is 54.6 Å². The summed E-state index contributed by atoms with van der Waals surface area (Å²) in [6, 6.07) is 17.3. The van der Waals surface area contributed by atoms with Crippen LogP contribution in [-0.4, -0.2) is 58.9 Å². The first-order chi connectivity index (χ1) is 14.2. The second-order valence-electron chi connectivity index (χ2n) is 6.94. The van der Waals surface area contributed by atoms with E-state index >= 15 is 0 Å². The van der Waals surface area contributed by atoms with Gasteiger partial charge in [0.05, 0.1) is 6.67 Å². The Labute approximate surface area is 180 Å². The first kappa shape index (κ1) is 20.1. The van der Waals surface area contributed by atoms with Gasteiger partial charge in [-0.1, -0.05) is 29.8 Å². The molecule has 0 unspecified atom stereocenters. The molecule has 6 nitrogen and oxygen atoms in total. The molecule has 4 rings (SSSR count). The Bertz CT molecular complexity index is 966. The summed E-state index contributed by atoms with van der Waals surface area (Å²) in [5, 5.41) is 5.26. The number of piperazine rings is 1. The lowest BCUT2D eigenvalue weighted by atomic mass is 10.2. The molecule has 1 aliphatic rings. The van der Waals surface area contributed by atoms with Crippen molar-refractivity contribution in [2.75, 3.05) is 39.3 Å². The van der Waals surface area contributed by atoms with E-state index in [1.54, 1.807) is 4.68 Å². The average molecular weight is 431 g/mol. The number of halogens is 1. The number of rotatable bonds is 7. The Morgan fingerprint density at radius 1 is 0.966 bits per heavy atom. The van der Waals surface area contributed by atoms with Gasteiger partial charge in [0.2, 0.25) is 5.89 Å². The van der Waals surface area contributed by atoms with Crippen molar-refractivity contribution in [1.29, 1.82) is 0 Å². The molecule has 0 radical (unpaired) electrons. The monoisotopic (exact) mass is 430 g/mol. The fourth-order valence-electron chi connectivity index (χ4n) is 3.26. The van der Waals surface area contributed by atoms with Gasteiger partial charge in [-0.2, -0.15) is 0 Å². The summed E-state index contributed by atoms with van der Waals surface area (Å²) >= 11 is 11.2. The Balaban J connectivity index is 1.23. The molecule has 1 fully saturated rings. The topological polar surface area (TPSA) is 46.7 Å². The lowest BCUT2D eigenvalue weighted by Gasteiger charge is -2.34. The maximum absolute atomic E-state index is 5.89. The van der Waals surface area contributed by atoms with E-state index in [0.717, 1.165) is 49.1 Å². The summed E-state index contributed by atoms with van der Waals surface area (Å²) in [7, 11) is 0. The van der Waals surface area contributed by atoms with Crippen molar-refractivity contribution in [2.24, 2.45) is 0 Å². The van der Waals surface area contributed by atoms with Crippen LogP contribution in [0.5, 0.6) is 5.75 Å². The summed E-state index contributed by atoms with van der Waals surface area (Å²) in [4.78, 5) is 5.15. The van der Waals surface area contributed by atoms with Crippen molar-refractivity contribution in [3.05, 3.63) is 64.5 Å². The van der Waals surface area contributed by atoms with Gasteiger partial charge in [-0.25, -0.2) is 4.68 Å². The lowest BCUT2D eigenvalue weighted by Crippen LogP contribution is -2.47. The van der Waals surface area contributed by atoms with Crippen LogP contribution in [0.2, 0.25) is 5.02 Å². The van der Waals surface area contributed by atoms with Gasteiger partial charge in [0.25, 0.3) is 4.84 Å². The molecule has 0 spiro atoms. The van der Waals surface area contributed by atoms with Crippen LogP contribution in [0.25, 0.3) is 11.5 Å². The minimum absolute atomic E-state index is 0.405. The summed E-state index contributed by atoms with van der Waals surface area (Å²) in [6.07, 6.45) is 0. The third kappa shape index (κ3) is 5.45. The molecule has 1 aliphatic heterocycles. The van der Waals surface area contributed by atoms with E-state index in [1.165, 1.54) is 0 Å². The molecule has 0 N–H and O–H groups in total. The summed E-state index contributed by atoms with van der Waals surface area (Å²) in [5.74, 6) is 1.41. The normalized spacial score (nSPS) is 15.5. The molecule has 8 heteroatoms. The van der Waals surface area contributed by atoms with Gasteiger partial charge >= 0.3 is 0 Å². The van der Waals surface area contributed by atoms with Crippen molar-refractivity contribution in [3.63, 3.8) is 0 Å². The molecule has 29 heavy (non-hydrogen) atoms. The van der Waals surface area contributed by atoms with Crippen molar-refractivity contribution >= 4 is 23.8 Å². The van der Waals surface area contributed by atoms with E-state index in [4.69, 9.17) is 33.0 Å². The lowest BCUT2D eigenvalue weighted by molar-refractivity contribution is 0.0915. The number of hydrogen-bond acceptors (Lipinski definition) is 6. The number of hydrogen-bond donors (Lipinski definition) is 0. The van der Waals surface area contributed by atoms with Gasteiger partial charge in [0, 0.05) is 43.3 Å². The fourth-order valence-corrected chi connectivity index (χ4v) is 3.56. The van der Waals surface area contributed by atoms with Crippen LogP contribution >= 0.6 is 23.8 Å². The smallest absolute Gasteiger partial charge is 0.288 e. The van der Waals surface area contributed by atoms with Gasteiger partial charge in [0.15, 0.2) is 0 Å². The third-order valence-electron chi connectivity index (χ3n) is 4.92. The molecular weight excluding hydrogens is 408 g/mol. The summed E-state index contributed by atoms with van der Waals surface area (Å²) in [6.45, 7) is 6.09. The minimum Gasteiger partial charge on any atom is -0.492 e. The molecule has 3 aromatic rings. The van der Waals surface area contributed by atoms with Crippen LogP contribution in [0, 0.1) is 4.84 Å². The minimum atomic E-state index is 0.405. The quantitative estimate of drug-likeness (QED) is 0.524. The Kier molecular flexibility index (Phi) is 6.61. The zero-order chi connectivity index (χ0) is 20.1. The maximum atomic E-state index is 5.89. The summed E-state index contributed by atoms with van der Waals surface area (Å²) < 4.78 is 13.2. The largest absolute Gasteiger partial charge is 0.492 e. The average Bonchev–Trinajstić information content (AvgIpc) is 3.12. The molecule has 0 amide bonds. The van der Waals surface area contributed by atoms with Crippen molar-refractivity contribution in [1.82, 2.24) is 19.6 Å². The van der Waals surface area contributed by atoms with Gasteiger partial charge < -0.3 is 9.15 Å². The van der Waals surface area contributed by atoms with E-state index in [2.05, 4.69) is 14.9 Å². The first-order valence-corrected chi connectivity index (χ1v) is 10.4. The molecule has 1 saturated heterocycles. The Hall–Kier alpha value is -2.19. The van der Waals surface area contributed by atoms with Crippen LogP contribution < -0.4 is 4.74 Å². The highest BCUT2D eigenvalue weighted by Gasteiger charge is 2.18. The maximum Gasteiger partial charge on any atom is 0.288 e. The third-order valence-corrected chi connectivity index (χ3v) is 5.46. The summed E-state index contributed by atoms with van der Waals surface area (Å²) in [5.41, 5.74) is 0.933. The highest BCUT2D eigenvalue weighted by atomic mass is 35.5. The zero-order valence-electron chi connectivity index (χ0n) is 16.0. The van der Waals surface area contributed by atoms with Crippen molar-refractivity contribution < 1.29 is 9.15 Å². The molecule has 0 saturated carbocycles. The molecule has 1 aromatic heterocycles. The van der Waals surface area contributed by atoms with Crippen LogP contribution in [0.3, 0.4) is 0 Å². The number of nitrogens with zero attached hydrogens (tertiary/aromatic N) is 4. The van der Waals surface area contributed by atoms with Gasteiger partial charge in [-0.15, -0.1) is 5.10 Å². The second-order valence-corrected chi connectivity index (χ2v) is 7.73. The van der Waals surface area contributed by atoms with Crippen molar-refractivity contribution in [2.45, 2.75) is 6.67 Å². The van der Waals surface area contributed by atoms with Gasteiger partial charge in [-0.05, 0) is 48.6 Å². The van der Waals surface area contributed by atoms with Crippen LogP contribution in [-0.2, 0) is 6.67 Å². The van der Waals surface area contributed by atoms with E-state index in [-0.39, 0.29) is 0 Å². The van der Waals surface area contributed by atoms with Crippen LogP contribution in [0.15, 0.2) is 59.0 Å². The molecular formula is C21H23ClN4O2S. The van der Waals surface area contributed by atoms with E-state index in [9.17, 15) is 0 Å². The van der Waals surface area contributed by atoms with Crippen LogP contribution in [0.4, 0.5) is 0 Å². The molecule has 0 bridgehead atoms. The highest BCUT2D eigenvalue weighted by molar-refractivity contribution is 7.71. The molecule has 0 atom stereocenters. The van der Waals surface area contributed by atoms with Crippen LogP contribution in [0.1, 0.15) is 0 Å². The standard InChI is InChI=1S/C21H23ClN4O2S/c22-18-6-8-19(9-7-18)27-15-14-24-10-12-25(13-11-24)16-26-21(29)28-20(23-26)17-4-2-1-3-5-17/h1-9H,10-16H2.